The number of nitrogens with one attached hydrogen (secondary N) is 1. The average Bonchev–Trinajstić information content (AvgIpc) is 3.04. The number of nitrogens with zero attached hydrogens (tertiary/aromatic N) is 5. The lowest BCUT2D eigenvalue weighted by molar-refractivity contribution is -0.137. The van der Waals surface area contributed by atoms with Gasteiger partial charge in [-0.2, -0.15) is 13.2 Å². The number of methoxy groups -OCH3 is 1. The minimum atomic E-state index is -4.61. The molecule has 244 valence electrons. The van der Waals surface area contributed by atoms with Crippen LogP contribution < -0.4 is 20.7 Å². The van der Waals surface area contributed by atoms with Gasteiger partial charge >= 0.3 is 6.18 Å². The number of carbonyl (C=O) groups excluding carboxylic acids is 1. The molecule has 3 N–H and O–H groups in total. The third kappa shape index (κ3) is 7.28. The highest BCUT2D eigenvalue weighted by Crippen LogP contribution is 2.45. The Balaban J connectivity index is 1.58. The molecule has 0 spiro atoms. The smallest absolute Gasteiger partial charge is 0.416 e. The van der Waals surface area contributed by atoms with Crippen molar-refractivity contribution < 1.29 is 22.7 Å². The minimum Gasteiger partial charge on any atom is -0.495 e. The number of benzene rings is 3. The number of aromatic nitrogens is 3. The van der Waals surface area contributed by atoms with Gasteiger partial charge in [0.1, 0.15) is 5.75 Å². The van der Waals surface area contributed by atoms with E-state index in [1.165, 1.54) is 6.07 Å². The first-order chi connectivity index (χ1) is 22.4. The Hall–Kier alpha value is -5.23. The number of nitrogen functional groups attached to an aromatic ring is 1. The number of alkyl halides is 3. The zero-order chi connectivity index (χ0) is 33.9. The summed E-state index contributed by atoms with van der Waals surface area (Å²) in [5, 5.41) is 3.55. The van der Waals surface area contributed by atoms with Gasteiger partial charge in [-0.15, -0.1) is 0 Å². The number of anilines is 3. The van der Waals surface area contributed by atoms with Crippen LogP contribution in [0.2, 0.25) is 0 Å². The van der Waals surface area contributed by atoms with Crippen molar-refractivity contribution in [2.75, 3.05) is 57.3 Å². The van der Waals surface area contributed by atoms with Crippen molar-refractivity contribution >= 4 is 34.1 Å². The molecule has 0 saturated heterocycles. The first-order valence-electron chi connectivity index (χ1n) is 14.9. The summed E-state index contributed by atoms with van der Waals surface area (Å²) in [7, 11) is 7.22. The third-order valence-corrected chi connectivity index (χ3v) is 7.88. The van der Waals surface area contributed by atoms with Gasteiger partial charge in [-0.1, -0.05) is 6.07 Å². The van der Waals surface area contributed by atoms with Gasteiger partial charge in [0.15, 0.2) is 0 Å². The van der Waals surface area contributed by atoms with Crippen molar-refractivity contribution in [1.82, 2.24) is 19.9 Å². The molecular weight excluding hydrogens is 607 g/mol. The molecule has 2 heterocycles. The lowest BCUT2D eigenvalue weighted by atomic mass is 9.92. The number of pyridine rings is 1. The molecule has 2 aromatic heterocycles. The molecule has 3 aromatic carbocycles. The van der Waals surface area contributed by atoms with Crippen LogP contribution in [0.4, 0.5) is 30.5 Å². The highest BCUT2D eigenvalue weighted by atomic mass is 19.4. The molecule has 1 amide bonds. The maximum Gasteiger partial charge on any atom is 0.416 e. The number of nitrogens with two attached hydrogens (primary N) is 1. The fraction of sp³-hybridized carbons (Fsp3) is 0.257. The molecule has 0 radical (unpaired) electrons. The van der Waals surface area contributed by atoms with Crippen LogP contribution in [-0.4, -0.2) is 67.1 Å². The Morgan fingerprint density at radius 2 is 1.72 bits per heavy atom. The van der Waals surface area contributed by atoms with Crippen LogP contribution in [-0.2, 0) is 6.18 Å². The van der Waals surface area contributed by atoms with Crippen LogP contribution in [0.25, 0.3) is 33.2 Å². The number of halogens is 3. The molecule has 0 bridgehead atoms. The van der Waals surface area contributed by atoms with Crippen molar-refractivity contribution in [1.29, 1.82) is 0 Å². The van der Waals surface area contributed by atoms with E-state index in [1.807, 2.05) is 50.2 Å². The number of ether oxygens (including phenoxy) is 1. The van der Waals surface area contributed by atoms with Crippen molar-refractivity contribution in [3.8, 4) is 28.0 Å². The van der Waals surface area contributed by atoms with Gasteiger partial charge in [-0.25, -0.2) is 9.97 Å². The van der Waals surface area contributed by atoms with E-state index in [0.29, 0.717) is 45.7 Å². The second kappa shape index (κ2) is 13.6. The molecule has 0 aliphatic carbocycles. The lowest BCUT2D eigenvalue weighted by Crippen LogP contribution is -2.26. The molecule has 9 nitrogen and oxygen atoms in total. The zero-order valence-corrected chi connectivity index (χ0v) is 26.8. The lowest BCUT2D eigenvalue weighted by Gasteiger charge is -2.24. The molecular formula is C35H36F3N7O2. The molecule has 47 heavy (non-hydrogen) atoms. The molecule has 0 aliphatic heterocycles. The predicted molar refractivity (Wildman–Crippen MR) is 180 cm³/mol. The molecule has 0 fully saturated rings. The molecule has 0 aliphatic rings. The number of hydrogen-bond donors (Lipinski definition) is 2. The first-order valence-corrected chi connectivity index (χ1v) is 14.9. The topological polar surface area (TPSA) is 110 Å². The van der Waals surface area contributed by atoms with Crippen LogP contribution in [0.1, 0.15) is 27.9 Å². The Kier molecular flexibility index (Phi) is 9.61. The maximum atomic E-state index is 13.7. The average molecular weight is 644 g/mol. The van der Waals surface area contributed by atoms with E-state index in [9.17, 15) is 18.0 Å². The zero-order valence-electron chi connectivity index (χ0n) is 26.8. The number of amides is 1. The van der Waals surface area contributed by atoms with Gasteiger partial charge in [0.2, 0.25) is 5.95 Å². The molecule has 12 heteroatoms. The van der Waals surface area contributed by atoms with Gasteiger partial charge < -0.3 is 25.6 Å². The molecule has 5 rings (SSSR count). The van der Waals surface area contributed by atoms with Gasteiger partial charge in [0, 0.05) is 54.5 Å². The second-order valence-electron chi connectivity index (χ2n) is 11.5. The SMILES string of the molecule is COc1c(-c2cc(NC(=O)c3cc(C(F)(F)F)ccc3N(C)CCCN(C)C)ccc2C)cc2cnc(N)nc2c1-c1ccncc1. The summed E-state index contributed by atoms with van der Waals surface area (Å²) in [4.78, 5) is 30.4. The van der Waals surface area contributed by atoms with E-state index >= 15 is 0 Å². The molecule has 0 saturated carbocycles. The Morgan fingerprint density at radius 1 is 0.979 bits per heavy atom. The first kappa shape index (κ1) is 33.1. The second-order valence-corrected chi connectivity index (χ2v) is 11.5. The van der Waals surface area contributed by atoms with E-state index in [1.54, 1.807) is 49.8 Å². The minimum absolute atomic E-state index is 0.0766. The van der Waals surface area contributed by atoms with Crippen LogP contribution >= 0.6 is 0 Å². The number of fused-ring (bicyclic) bond motifs is 1. The van der Waals surface area contributed by atoms with Gasteiger partial charge in [-0.05, 0) is 99.2 Å². The summed E-state index contributed by atoms with van der Waals surface area (Å²) in [5.41, 5.74) is 10.2. The summed E-state index contributed by atoms with van der Waals surface area (Å²) < 4.78 is 47.2. The highest BCUT2D eigenvalue weighted by Gasteiger charge is 2.32. The van der Waals surface area contributed by atoms with E-state index in [0.717, 1.165) is 41.8 Å². The number of rotatable bonds is 10. The summed E-state index contributed by atoms with van der Waals surface area (Å²) in [6, 6.07) is 14.2. The van der Waals surface area contributed by atoms with E-state index in [2.05, 4.69) is 20.3 Å². The predicted octanol–water partition coefficient (Wildman–Crippen LogP) is 6.92. The van der Waals surface area contributed by atoms with Crippen molar-refractivity contribution in [2.45, 2.75) is 19.5 Å². The van der Waals surface area contributed by atoms with Crippen molar-refractivity contribution in [2.24, 2.45) is 0 Å². The number of aryl methyl sites for hydroxylation is 1. The summed E-state index contributed by atoms with van der Waals surface area (Å²) in [6.07, 6.45) is 1.12. The van der Waals surface area contributed by atoms with Crippen LogP contribution in [0.5, 0.6) is 5.75 Å². The van der Waals surface area contributed by atoms with Gasteiger partial charge in [-0.3, -0.25) is 9.78 Å². The van der Waals surface area contributed by atoms with E-state index in [-0.39, 0.29) is 11.5 Å². The van der Waals surface area contributed by atoms with Crippen LogP contribution in [0.15, 0.2) is 73.2 Å². The standard InChI is InChI=1S/C35H36F3N7O2/c1-21-7-9-25(42-33(46)28-18-24(35(36,37)38)8-10-29(28)45(4)16-6-15-44(2)3)19-26(21)27-17-23-20-41-34(39)43-31(23)30(32(27)47-5)22-11-13-40-14-12-22/h7-14,17-20H,6,15-16H2,1-5H3,(H,42,46)(H2,39,41,43). The van der Waals surface area contributed by atoms with Crippen LogP contribution in [0, 0.1) is 6.92 Å². The fourth-order valence-corrected chi connectivity index (χ4v) is 5.53. The van der Waals surface area contributed by atoms with Crippen LogP contribution in [0.3, 0.4) is 0 Å². The maximum absolute atomic E-state index is 13.7. The quantitative estimate of drug-likeness (QED) is 0.169. The fourth-order valence-electron chi connectivity index (χ4n) is 5.53. The monoisotopic (exact) mass is 643 g/mol. The normalized spacial score (nSPS) is 11.6. The number of carbonyl (C=O) groups is 1. The Labute approximate surface area is 271 Å². The third-order valence-electron chi connectivity index (χ3n) is 7.88. The molecule has 0 unspecified atom stereocenters. The van der Waals surface area contributed by atoms with Gasteiger partial charge in [0.05, 0.1) is 29.3 Å². The van der Waals surface area contributed by atoms with Crippen molar-refractivity contribution in [3.63, 3.8) is 0 Å². The van der Waals surface area contributed by atoms with Gasteiger partial charge in [0.25, 0.3) is 5.91 Å². The largest absolute Gasteiger partial charge is 0.495 e. The number of hydrogen-bond acceptors (Lipinski definition) is 8. The van der Waals surface area contributed by atoms with E-state index < -0.39 is 17.6 Å². The summed E-state index contributed by atoms with van der Waals surface area (Å²) in [5.74, 6) is -0.0270. The molecule has 5 aromatic rings. The Bertz CT molecular complexity index is 1910. The highest BCUT2D eigenvalue weighted by molar-refractivity contribution is 6.09. The summed E-state index contributed by atoms with van der Waals surface area (Å²) >= 11 is 0. The van der Waals surface area contributed by atoms with E-state index in [4.69, 9.17) is 10.5 Å². The molecule has 0 atom stereocenters. The van der Waals surface area contributed by atoms with Crippen molar-refractivity contribution in [3.05, 3.63) is 89.9 Å². The Morgan fingerprint density at radius 3 is 2.40 bits per heavy atom. The summed E-state index contributed by atoms with van der Waals surface area (Å²) in [6.45, 7) is 3.26.